The minimum absolute atomic E-state index is 0.0993. The van der Waals surface area contributed by atoms with Gasteiger partial charge in [0, 0.05) is 18.7 Å². The quantitative estimate of drug-likeness (QED) is 0.700. The maximum absolute atomic E-state index is 11.9. The molecule has 24 heavy (non-hydrogen) atoms. The summed E-state index contributed by atoms with van der Waals surface area (Å²) in [5.74, 6) is -0.436. The molecule has 0 spiro atoms. The van der Waals surface area contributed by atoms with E-state index in [1.54, 1.807) is 6.07 Å². The van der Waals surface area contributed by atoms with Gasteiger partial charge in [-0.05, 0) is 23.6 Å². The van der Waals surface area contributed by atoms with Gasteiger partial charge in [0.2, 0.25) is 0 Å². The Kier molecular flexibility index (Phi) is 4.62. The van der Waals surface area contributed by atoms with E-state index in [9.17, 15) is 14.4 Å². The Morgan fingerprint density at radius 3 is 2.79 bits per heavy atom. The second-order valence-electron chi connectivity index (χ2n) is 4.82. The highest BCUT2D eigenvalue weighted by molar-refractivity contribution is 7.13. The molecule has 0 fully saturated rings. The summed E-state index contributed by atoms with van der Waals surface area (Å²) in [4.78, 5) is 35.6. The number of nitrogens with zero attached hydrogens (tertiary/aromatic N) is 3. The van der Waals surface area contributed by atoms with Crippen LogP contribution in [0.15, 0.2) is 51.4 Å². The zero-order valence-electron chi connectivity index (χ0n) is 12.4. The first-order valence-corrected chi connectivity index (χ1v) is 7.97. The van der Waals surface area contributed by atoms with Crippen LogP contribution in [0.5, 0.6) is 0 Å². The first-order chi connectivity index (χ1) is 11.6. The Hall–Kier alpha value is -3.07. The van der Waals surface area contributed by atoms with E-state index >= 15 is 0 Å². The van der Waals surface area contributed by atoms with Crippen LogP contribution in [-0.4, -0.2) is 32.4 Å². The van der Waals surface area contributed by atoms with Gasteiger partial charge in [-0.25, -0.2) is 9.78 Å². The van der Waals surface area contributed by atoms with Crippen LogP contribution in [0.25, 0.3) is 10.6 Å². The van der Waals surface area contributed by atoms with E-state index in [4.69, 9.17) is 0 Å². The number of amides is 1. The third-order valence-electron chi connectivity index (χ3n) is 3.16. The predicted octanol–water partition coefficient (Wildman–Crippen LogP) is 0.485. The average molecular weight is 343 g/mol. The van der Waals surface area contributed by atoms with E-state index in [2.05, 4.69) is 20.6 Å². The maximum Gasteiger partial charge on any atom is 0.271 e. The summed E-state index contributed by atoms with van der Waals surface area (Å²) >= 11 is 1.53. The summed E-state index contributed by atoms with van der Waals surface area (Å²) in [6, 6.07) is 9.51. The third kappa shape index (κ3) is 3.63. The summed E-state index contributed by atoms with van der Waals surface area (Å²) in [6.45, 7) is 0.438. The molecule has 0 saturated carbocycles. The van der Waals surface area contributed by atoms with Gasteiger partial charge in [-0.2, -0.15) is 10.2 Å². The molecule has 2 N–H and O–H groups in total. The molecule has 0 radical (unpaired) electrons. The van der Waals surface area contributed by atoms with Crippen LogP contribution in [0.3, 0.4) is 0 Å². The highest BCUT2D eigenvalue weighted by atomic mass is 32.1. The summed E-state index contributed by atoms with van der Waals surface area (Å²) in [7, 11) is 0. The number of H-pyrrole nitrogens is 1. The molecule has 3 rings (SSSR count). The molecule has 0 aliphatic heterocycles. The van der Waals surface area contributed by atoms with Crippen LogP contribution in [-0.2, 0) is 6.54 Å². The summed E-state index contributed by atoms with van der Waals surface area (Å²) in [5, 5.41) is 14.7. The van der Waals surface area contributed by atoms with Crippen LogP contribution in [0.4, 0.5) is 0 Å². The molecular weight excluding hydrogens is 330 g/mol. The van der Waals surface area contributed by atoms with Crippen molar-refractivity contribution in [1.29, 1.82) is 0 Å². The molecule has 0 aliphatic rings. The molecule has 0 atom stereocenters. The SMILES string of the molecule is O=C(NCCn1nc(-c2cccs2)ccc1=O)c1ccc(=O)[nH]n1. The van der Waals surface area contributed by atoms with Crippen molar-refractivity contribution in [2.24, 2.45) is 0 Å². The number of rotatable bonds is 5. The molecule has 3 aromatic rings. The van der Waals surface area contributed by atoms with Crippen molar-refractivity contribution in [3.63, 3.8) is 0 Å². The van der Waals surface area contributed by atoms with Gasteiger partial charge in [-0.1, -0.05) is 6.07 Å². The van der Waals surface area contributed by atoms with E-state index in [0.717, 1.165) is 4.88 Å². The van der Waals surface area contributed by atoms with Crippen LogP contribution in [0.2, 0.25) is 0 Å². The Labute approximate surface area is 139 Å². The van der Waals surface area contributed by atoms with Crippen molar-refractivity contribution >= 4 is 17.2 Å². The highest BCUT2D eigenvalue weighted by Gasteiger charge is 2.08. The smallest absolute Gasteiger partial charge is 0.271 e. The van der Waals surface area contributed by atoms with Crippen molar-refractivity contribution in [3.8, 4) is 10.6 Å². The largest absolute Gasteiger partial charge is 0.349 e. The van der Waals surface area contributed by atoms with Gasteiger partial charge in [0.25, 0.3) is 17.0 Å². The molecule has 1 amide bonds. The first kappa shape index (κ1) is 15.8. The second-order valence-corrected chi connectivity index (χ2v) is 5.77. The Balaban J connectivity index is 1.65. The molecule has 9 heteroatoms. The van der Waals surface area contributed by atoms with E-state index in [1.165, 1.54) is 34.2 Å². The predicted molar refractivity (Wildman–Crippen MR) is 89.0 cm³/mol. The minimum Gasteiger partial charge on any atom is -0.349 e. The number of hydrogen-bond acceptors (Lipinski definition) is 6. The normalized spacial score (nSPS) is 10.5. The van der Waals surface area contributed by atoms with Gasteiger partial charge in [0.15, 0.2) is 0 Å². The van der Waals surface area contributed by atoms with Gasteiger partial charge < -0.3 is 5.32 Å². The molecule has 0 bridgehead atoms. The van der Waals surface area contributed by atoms with Crippen molar-refractivity contribution < 1.29 is 4.79 Å². The molecule has 0 aliphatic carbocycles. The topological polar surface area (TPSA) is 110 Å². The number of carbonyl (C=O) groups is 1. The molecule has 3 heterocycles. The number of nitrogens with one attached hydrogen (secondary N) is 2. The monoisotopic (exact) mass is 343 g/mol. The van der Waals surface area contributed by atoms with Crippen molar-refractivity contribution in [2.75, 3.05) is 6.54 Å². The van der Waals surface area contributed by atoms with Gasteiger partial charge in [0.05, 0.1) is 11.4 Å². The molecule has 122 valence electrons. The lowest BCUT2D eigenvalue weighted by Crippen LogP contribution is -2.32. The van der Waals surface area contributed by atoms with Crippen molar-refractivity contribution in [2.45, 2.75) is 6.54 Å². The Bertz CT molecular complexity index is 941. The summed E-state index contributed by atoms with van der Waals surface area (Å²) in [6.07, 6.45) is 0. The second kappa shape index (κ2) is 7.01. The first-order valence-electron chi connectivity index (χ1n) is 7.09. The zero-order valence-corrected chi connectivity index (χ0v) is 13.2. The zero-order chi connectivity index (χ0) is 16.9. The summed E-state index contributed by atoms with van der Waals surface area (Å²) in [5.41, 5.74) is 0.180. The fourth-order valence-electron chi connectivity index (χ4n) is 2.00. The fraction of sp³-hybridized carbons (Fsp3) is 0.133. The lowest BCUT2D eigenvalue weighted by Gasteiger charge is -2.07. The Morgan fingerprint density at radius 1 is 1.21 bits per heavy atom. The third-order valence-corrected chi connectivity index (χ3v) is 4.05. The molecule has 8 nitrogen and oxygen atoms in total. The van der Waals surface area contributed by atoms with Gasteiger partial charge in [-0.15, -0.1) is 11.3 Å². The van der Waals surface area contributed by atoms with E-state index in [-0.39, 0.29) is 29.9 Å². The van der Waals surface area contributed by atoms with Gasteiger partial charge >= 0.3 is 0 Å². The molecule has 0 saturated heterocycles. The minimum atomic E-state index is -0.436. The number of carbonyl (C=O) groups excluding carboxylic acids is 1. The number of aromatic amines is 1. The summed E-state index contributed by atoms with van der Waals surface area (Å²) < 4.78 is 1.30. The number of thiophene rings is 1. The van der Waals surface area contributed by atoms with Crippen LogP contribution < -0.4 is 16.4 Å². The van der Waals surface area contributed by atoms with Gasteiger partial charge in [0.1, 0.15) is 11.4 Å². The number of aromatic nitrogens is 4. The Morgan fingerprint density at radius 2 is 2.08 bits per heavy atom. The number of hydrogen-bond donors (Lipinski definition) is 2. The highest BCUT2D eigenvalue weighted by Crippen LogP contribution is 2.20. The van der Waals surface area contributed by atoms with Crippen LogP contribution >= 0.6 is 11.3 Å². The molecule has 3 aromatic heterocycles. The van der Waals surface area contributed by atoms with E-state index in [1.807, 2.05) is 17.5 Å². The standard InChI is InChI=1S/C15H13N5O3S/c21-13-5-3-11(17-18-13)15(23)16-7-8-20-14(22)6-4-10(19-20)12-2-1-9-24-12/h1-6,9H,7-8H2,(H,16,23)(H,18,21). The van der Waals surface area contributed by atoms with E-state index in [0.29, 0.717) is 5.69 Å². The molecule has 0 unspecified atom stereocenters. The van der Waals surface area contributed by atoms with E-state index < -0.39 is 5.91 Å². The molecular formula is C15H13N5O3S. The fourth-order valence-corrected chi connectivity index (χ4v) is 2.69. The average Bonchev–Trinajstić information content (AvgIpc) is 3.11. The molecule has 0 aromatic carbocycles. The van der Waals surface area contributed by atoms with Crippen molar-refractivity contribution in [1.82, 2.24) is 25.3 Å². The lowest BCUT2D eigenvalue weighted by atomic mass is 10.3. The van der Waals surface area contributed by atoms with Crippen molar-refractivity contribution in [3.05, 3.63) is 68.2 Å². The van der Waals surface area contributed by atoms with Gasteiger partial charge in [-0.3, -0.25) is 14.4 Å². The maximum atomic E-state index is 11.9. The lowest BCUT2D eigenvalue weighted by molar-refractivity contribution is 0.0945. The van der Waals surface area contributed by atoms with Crippen LogP contribution in [0, 0.1) is 0 Å². The van der Waals surface area contributed by atoms with Crippen LogP contribution in [0.1, 0.15) is 10.5 Å².